The third-order valence-corrected chi connectivity index (χ3v) is 11.6. The van der Waals surface area contributed by atoms with Gasteiger partial charge >= 0.3 is 5.69 Å². The molecule has 7 heteroatoms. The van der Waals surface area contributed by atoms with Crippen molar-refractivity contribution in [2.45, 2.75) is 120 Å². The fraction of sp³-hybridized carbons (Fsp3) is 0.867. The van der Waals surface area contributed by atoms with Gasteiger partial charge in [-0.25, -0.2) is 4.79 Å². The standard InChI is InChI=1S/C30H42N2O5/c1-17-15-32(28(34)31-27(17)33)26-8-24(37-30-12-21-5-22(13-30)7-23(6-21)14-30)25(36-26)16-35-29-9-18-2-19(10-29)4-20(3-18)11-29/h15,18-26H,2-14,16H2,1H3,(H,31,33,34)/t18?,19?,20?,21?,22?,23?,24-,25+,26+,29?,30?/m0/s1. The molecular weight excluding hydrogens is 468 g/mol. The van der Waals surface area contributed by atoms with E-state index in [0.29, 0.717) is 18.6 Å². The highest BCUT2D eigenvalue weighted by Gasteiger charge is 2.55. The molecule has 9 aliphatic rings. The molecule has 7 nitrogen and oxygen atoms in total. The number of ether oxygens (including phenoxy) is 3. The third-order valence-electron chi connectivity index (χ3n) is 11.6. The van der Waals surface area contributed by atoms with Gasteiger partial charge in [0.05, 0.1) is 23.9 Å². The molecule has 1 aromatic rings. The predicted octanol–water partition coefficient (Wildman–Crippen LogP) is 4.47. The fourth-order valence-corrected chi connectivity index (χ4v) is 10.9. The molecule has 1 aromatic heterocycles. The van der Waals surface area contributed by atoms with Crippen LogP contribution >= 0.6 is 0 Å². The van der Waals surface area contributed by atoms with Gasteiger partial charge in [0.15, 0.2) is 0 Å². The smallest absolute Gasteiger partial charge is 0.330 e. The zero-order valence-corrected chi connectivity index (χ0v) is 22.2. The number of aryl methyl sites for hydroxylation is 1. The molecule has 3 atom stereocenters. The van der Waals surface area contributed by atoms with Crippen LogP contribution in [0.2, 0.25) is 0 Å². The lowest BCUT2D eigenvalue weighted by Gasteiger charge is -2.57. The van der Waals surface area contributed by atoms with Crippen molar-refractivity contribution in [2.75, 3.05) is 6.61 Å². The summed E-state index contributed by atoms with van der Waals surface area (Å²) in [6.45, 7) is 2.28. The predicted molar refractivity (Wildman–Crippen MR) is 137 cm³/mol. The highest BCUT2D eigenvalue weighted by molar-refractivity contribution is 5.06. The number of nitrogens with zero attached hydrogens (tertiary/aromatic N) is 1. The Bertz CT molecular complexity index is 1110. The van der Waals surface area contributed by atoms with Crippen molar-refractivity contribution >= 4 is 0 Å². The van der Waals surface area contributed by atoms with E-state index in [-0.39, 0.29) is 29.0 Å². The van der Waals surface area contributed by atoms with Gasteiger partial charge in [-0.2, -0.15) is 0 Å². The molecule has 1 saturated heterocycles. The van der Waals surface area contributed by atoms with Crippen molar-refractivity contribution in [1.29, 1.82) is 0 Å². The van der Waals surface area contributed by atoms with E-state index >= 15 is 0 Å². The van der Waals surface area contributed by atoms with Crippen LogP contribution in [-0.2, 0) is 14.2 Å². The van der Waals surface area contributed by atoms with Crippen LogP contribution in [0.5, 0.6) is 0 Å². The Balaban J connectivity index is 1.05. The quantitative estimate of drug-likeness (QED) is 0.611. The van der Waals surface area contributed by atoms with E-state index < -0.39 is 11.9 Å². The first-order valence-electron chi connectivity index (χ1n) is 15.1. The SMILES string of the molecule is Cc1cn([C@H]2C[C@H](OC34CC5CC(CC(C5)C3)C4)[C@@H](COC34CC5CC(CC(C5)C3)C4)O2)c(=O)[nH]c1=O. The van der Waals surface area contributed by atoms with Gasteiger partial charge in [0.25, 0.3) is 5.56 Å². The molecule has 0 spiro atoms. The second-order valence-electron chi connectivity index (χ2n) is 14.5. The number of hydrogen-bond acceptors (Lipinski definition) is 5. The number of aromatic nitrogens is 2. The molecule has 8 saturated carbocycles. The molecule has 8 bridgehead atoms. The van der Waals surface area contributed by atoms with Crippen molar-refractivity contribution in [3.8, 4) is 0 Å². The molecule has 0 radical (unpaired) electrons. The summed E-state index contributed by atoms with van der Waals surface area (Å²) in [6, 6.07) is 0. The van der Waals surface area contributed by atoms with E-state index in [2.05, 4.69) is 4.98 Å². The summed E-state index contributed by atoms with van der Waals surface area (Å²) in [5.74, 6) is 4.96. The van der Waals surface area contributed by atoms with Crippen LogP contribution in [0, 0.1) is 42.4 Å². The first kappa shape index (κ1) is 23.4. The maximum Gasteiger partial charge on any atom is 0.330 e. The van der Waals surface area contributed by atoms with Gasteiger partial charge in [0, 0.05) is 18.2 Å². The first-order valence-corrected chi connectivity index (χ1v) is 15.1. The Morgan fingerprint density at radius 1 is 0.838 bits per heavy atom. The zero-order valence-electron chi connectivity index (χ0n) is 22.2. The number of hydrogen-bond donors (Lipinski definition) is 1. The minimum absolute atomic E-state index is 0.0207. The lowest BCUT2D eigenvalue weighted by atomic mass is 9.54. The maximum atomic E-state index is 12.7. The monoisotopic (exact) mass is 510 g/mol. The molecule has 202 valence electrons. The van der Waals surface area contributed by atoms with Crippen LogP contribution in [0.4, 0.5) is 0 Å². The summed E-state index contributed by atoms with van der Waals surface area (Å²) >= 11 is 0. The fourth-order valence-electron chi connectivity index (χ4n) is 10.9. The maximum absolute atomic E-state index is 12.7. The summed E-state index contributed by atoms with van der Waals surface area (Å²) in [4.78, 5) is 27.2. The summed E-state index contributed by atoms with van der Waals surface area (Å²) in [5, 5.41) is 0. The molecule has 8 aliphatic carbocycles. The van der Waals surface area contributed by atoms with Crippen LogP contribution in [0.1, 0.15) is 95.3 Å². The van der Waals surface area contributed by atoms with Gasteiger partial charge < -0.3 is 14.2 Å². The number of nitrogens with one attached hydrogen (secondary N) is 1. The van der Waals surface area contributed by atoms with Crippen molar-refractivity contribution in [1.82, 2.24) is 9.55 Å². The molecule has 0 aromatic carbocycles. The normalized spacial score (nSPS) is 49.3. The molecule has 0 unspecified atom stereocenters. The van der Waals surface area contributed by atoms with E-state index in [1.54, 1.807) is 17.7 Å². The average Bonchev–Trinajstić information content (AvgIpc) is 3.20. The van der Waals surface area contributed by atoms with Crippen LogP contribution < -0.4 is 11.2 Å². The molecule has 9 fully saturated rings. The highest BCUT2D eigenvalue weighted by Crippen LogP contribution is 2.59. The van der Waals surface area contributed by atoms with Gasteiger partial charge in [-0.3, -0.25) is 14.3 Å². The number of aromatic amines is 1. The number of rotatable bonds is 6. The van der Waals surface area contributed by atoms with Gasteiger partial charge in [-0.05, 0) is 119 Å². The third kappa shape index (κ3) is 4.01. The lowest BCUT2D eigenvalue weighted by Crippen LogP contribution is -2.55. The van der Waals surface area contributed by atoms with E-state index in [1.165, 1.54) is 77.0 Å². The van der Waals surface area contributed by atoms with Crippen LogP contribution in [0.15, 0.2) is 15.8 Å². The topological polar surface area (TPSA) is 82.6 Å². The number of H-pyrrole nitrogens is 1. The molecule has 1 N–H and O–H groups in total. The van der Waals surface area contributed by atoms with Gasteiger partial charge in [-0.1, -0.05) is 0 Å². The molecule has 10 rings (SSSR count). The zero-order chi connectivity index (χ0) is 24.9. The first-order chi connectivity index (χ1) is 17.8. The Morgan fingerprint density at radius 3 is 1.89 bits per heavy atom. The van der Waals surface area contributed by atoms with Gasteiger partial charge in [0.1, 0.15) is 12.3 Å². The van der Waals surface area contributed by atoms with Gasteiger partial charge in [0.2, 0.25) is 0 Å². The van der Waals surface area contributed by atoms with E-state index in [0.717, 1.165) is 35.5 Å². The Hall–Kier alpha value is -1.44. The van der Waals surface area contributed by atoms with Crippen molar-refractivity contribution in [2.24, 2.45) is 35.5 Å². The van der Waals surface area contributed by atoms with Crippen molar-refractivity contribution < 1.29 is 14.2 Å². The molecule has 0 amide bonds. The molecular formula is C30H42N2O5. The van der Waals surface area contributed by atoms with Crippen LogP contribution in [0.3, 0.4) is 0 Å². The second-order valence-corrected chi connectivity index (χ2v) is 14.5. The van der Waals surface area contributed by atoms with Crippen molar-refractivity contribution in [3.63, 3.8) is 0 Å². The molecule has 37 heavy (non-hydrogen) atoms. The Morgan fingerprint density at radius 2 is 1.35 bits per heavy atom. The summed E-state index contributed by atoms with van der Waals surface area (Å²) in [6.07, 6.45) is 17.1. The largest absolute Gasteiger partial charge is 0.372 e. The van der Waals surface area contributed by atoms with Crippen LogP contribution in [-0.4, -0.2) is 39.6 Å². The summed E-state index contributed by atoms with van der Waals surface area (Å²) < 4.78 is 22.2. The average molecular weight is 511 g/mol. The van der Waals surface area contributed by atoms with E-state index in [1.807, 2.05) is 0 Å². The highest BCUT2D eigenvalue weighted by atomic mass is 16.6. The van der Waals surface area contributed by atoms with E-state index in [9.17, 15) is 9.59 Å². The van der Waals surface area contributed by atoms with Crippen LogP contribution in [0.25, 0.3) is 0 Å². The minimum atomic E-state index is -0.438. The summed E-state index contributed by atoms with van der Waals surface area (Å²) in [7, 11) is 0. The van der Waals surface area contributed by atoms with Crippen molar-refractivity contribution in [3.05, 3.63) is 32.6 Å². The minimum Gasteiger partial charge on any atom is -0.372 e. The molecule has 2 heterocycles. The molecule has 1 aliphatic heterocycles. The Kier molecular flexibility index (Phi) is 5.25. The summed E-state index contributed by atoms with van der Waals surface area (Å²) in [5.41, 5.74) is -0.218. The Labute approximate surface area is 218 Å². The lowest BCUT2D eigenvalue weighted by molar-refractivity contribution is -0.217. The second kappa shape index (κ2) is 8.28. The van der Waals surface area contributed by atoms with E-state index in [4.69, 9.17) is 14.2 Å². The van der Waals surface area contributed by atoms with Gasteiger partial charge in [-0.15, -0.1) is 0 Å².